The molecule has 29 heavy (non-hydrogen) atoms. The lowest BCUT2D eigenvalue weighted by Gasteiger charge is -2.16. The van der Waals surface area contributed by atoms with Crippen molar-refractivity contribution in [2.45, 2.75) is 51.0 Å². The Hall–Kier alpha value is -1.26. The van der Waals surface area contributed by atoms with Crippen LogP contribution >= 0.6 is 0 Å². The molecule has 0 rings (SSSR count). The molecule has 0 radical (unpaired) electrons. The summed E-state index contributed by atoms with van der Waals surface area (Å²) in [6, 6.07) is -0.178. The van der Waals surface area contributed by atoms with Gasteiger partial charge in [0.15, 0.2) is 0 Å². The Kier molecular flexibility index (Phi) is 20.5. The molecule has 1 atom stereocenters. The van der Waals surface area contributed by atoms with E-state index in [4.69, 9.17) is 5.73 Å². The average molecular weight is 416 g/mol. The normalized spacial score (nSPS) is 12.0. The molecule has 9 nitrogen and oxygen atoms in total. The Morgan fingerprint density at radius 3 is 1.97 bits per heavy atom. The maximum atomic E-state index is 12.2. The van der Waals surface area contributed by atoms with E-state index >= 15 is 0 Å². The molecule has 0 aromatic heterocycles. The molecule has 9 heteroatoms. The molecule has 172 valence electrons. The zero-order chi connectivity index (χ0) is 21.6. The van der Waals surface area contributed by atoms with Gasteiger partial charge in [-0.3, -0.25) is 9.59 Å². The lowest BCUT2D eigenvalue weighted by molar-refractivity contribution is -0.123. The van der Waals surface area contributed by atoms with Gasteiger partial charge in [0.05, 0.1) is 12.6 Å². The van der Waals surface area contributed by atoms with E-state index in [1.807, 2.05) is 7.05 Å². The second-order valence-electron chi connectivity index (χ2n) is 7.21. The fraction of sp³-hybridized carbons (Fsp3) is 0.900. The number of nitrogens with two attached hydrogens (primary N) is 1. The predicted octanol–water partition coefficient (Wildman–Crippen LogP) is -1.11. The van der Waals surface area contributed by atoms with Crippen LogP contribution in [-0.4, -0.2) is 84.3 Å². The third-order valence-corrected chi connectivity index (χ3v) is 4.59. The molecule has 1 unspecified atom stereocenters. The monoisotopic (exact) mass is 415 g/mol. The summed E-state index contributed by atoms with van der Waals surface area (Å²) in [6.45, 7) is 6.39. The number of unbranched alkanes of at least 4 members (excludes halogenated alkanes) is 2. The van der Waals surface area contributed by atoms with E-state index in [-0.39, 0.29) is 17.9 Å². The molecular weight excluding hydrogens is 370 g/mol. The summed E-state index contributed by atoms with van der Waals surface area (Å²) in [5.74, 6) is 0.0541. The summed E-state index contributed by atoms with van der Waals surface area (Å²) >= 11 is 0. The molecular formula is C20H45N7O2. The molecule has 0 spiro atoms. The number of likely N-dealkylation sites (N-methyl/N-ethyl adjacent to an activating group) is 2. The van der Waals surface area contributed by atoms with Crippen LogP contribution < -0.4 is 37.6 Å². The highest BCUT2D eigenvalue weighted by atomic mass is 16.2. The quantitative estimate of drug-likeness (QED) is 0.118. The number of carbonyl (C=O) groups is 2. The first kappa shape index (κ1) is 27.7. The van der Waals surface area contributed by atoms with Gasteiger partial charge in [0.2, 0.25) is 11.8 Å². The molecule has 0 aliphatic rings. The first-order valence-electron chi connectivity index (χ1n) is 11.1. The van der Waals surface area contributed by atoms with Gasteiger partial charge in [0.25, 0.3) is 0 Å². The third-order valence-electron chi connectivity index (χ3n) is 4.59. The highest BCUT2D eigenvalue weighted by molar-refractivity contribution is 5.81. The molecule has 8 N–H and O–H groups in total. The van der Waals surface area contributed by atoms with Gasteiger partial charge in [0, 0.05) is 13.1 Å². The number of hydrogen-bond donors (Lipinski definition) is 7. The summed E-state index contributed by atoms with van der Waals surface area (Å²) in [6.07, 6.45) is 6.80. The summed E-state index contributed by atoms with van der Waals surface area (Å²) in [4.78, 5) is 23.6. The Bertz CT molecular complexity index is 397. The van der Waals surface area contributed by atoms with Crippen molar-refractivity contribution in [2.75, 3.05) is 66.5 Å². The molecule has 0 bridgehead atoms. The zero-order valence-electron chi connectivity index (χ0n) is 18.6. The van der Waals surface area contributed by atoms with Gasteiger partial charge in [-0.25, -0.2) is 0 Å². The zero-order valence-corrected chi connectivity index (χ0v) is 18.6. The van der Waals surface area contributed by atoms with Crippen LogP contribution in [-0.2, 0) is 9.59 Å². The molecule has 0 aliphatic carbocycles. The minimum atomic E-state index is -0.178. The topological polar surface area (TPSA) is 132 Å². The van der Waals surface area contributed by atoms with Crippen LogP contribution in [0.3, 0.4) is 0 Å². The molecule has 0 aromatic rings. The lowest BCUT2D eigenvalue weighted by Crippen LogP contribution is -2.43. The van der Waals surface area contributed by atoms with Gasteiger partial charge in [-0.05, 0) is 91.8 Å². The van der Waals surface area contributed by atoms with Crippen molar-refractivity contribution in [3.05, 3.63) is 0 Å². The van der Waals surface area contributed by atoms with Crippen molar-refractivity contribution in [1.82, 2.24) is 31.9 Å². The fourth-order valence-electron chi connectivity index (χ4n) is 2.86. The van der Waals surface area contributed by atoms with Crippen LogP contribution in [0.4, 0.5) is 0 Å². The second-order valence-corrected chi connectivity index (χ2v) is 7.21. The molecule has 0 saturated heterocycles. The van der Waals surface area contributed by atoms with Crippen LogP contribution in [0.1, 0.15) is 44.9 Å². The molecule has 0 aliphatic heterocycles. The van der Waals surface area contributed by atoms with Gasteiger partial charge in [-0.15, -0.1) is 0 Å². The lowest BCUT2D eigenvalue weighted by atomic mass is 10.1. The summed E-state index contributed by atoms with van der Waals surface area (Å²) < 4.78 is 0. The molecule has 0 fully saturated rings. The molecule has 0 aromatic carbocycles. The van der Waals surface area contributed by atoms with E-state index in [1.165, 1.54) is 0 Å². The minimum Gasteiger partial charge on any atom is -0.355 e. The number of carbonyl (C=O) groups excluding carboxylic acids is 2. The van der Waals surface area contributed by atoms with Crippen LogP contribution in [0.25, 0.3) is 0 Å². The van der Waals surface area contributed by atoms with Crippen LogP contribution in [0.5, 0.6) is 0 Å². The number of hydrogen-bond acceptors (Lipinski definition) is 7. The van der Waals surface area contributed by atoms with Crippen molar-refractivity contribution in [1.29, 1.82) is 0 Å². The first-order chi connectivity index (χ1) is 14.2. The van der Waals surface area contributed by atoms with Crippen molar-refractivity contribution in [2.24, 2.45) is 5.73 Å². The van der Waals surface area contributed by atoms with E-state index in [9.17, 15) is 9.59 Å². The first-order valence-corrected chi connectivity index (χ1v) is 11.1. The largest absolute Gasteiger partial charge is 0.355 e. The maximum Gasteiger partial charge on any atom is 0.237 e. The van der Waals surface area contributed by atoms with Crippen LogP contribution in [0.2, 0.25) is 0 Å². The standard InChI is InChI=1S/C20H45N7O2/c1-22-17-19(28)26-15-4-3-9-18(23-2)20(29)27-16-8-14-25-12-6-5-11-24-13-7-10-21/h18,22-25H,3-17,21H2,1-2H3,(H,26,28)(H,27,29). The van der Waals surface area contributed by atoms with Gasteiger partial charge in [0.1, 0.15) is 0 Å². The van der Waals surface area contributed by atoms with E-state index in [0.29, 0.717) is 19.6 Å². The van der Waals surface area contributed by atoms with Crippen LogP contribution in [0.15, 0.2) is 0 Å². The average Bonchev–Trinajstić information content (AvgIpc) is 2.71. The van der Waals surface area contributed by atoms with Gasteiger partial charge in [-0.2, -0.15) is 0 Å². The van der Waals surface area contributed by atoms with Gasteiger partial charge >= 0.3 is 0 Å². The number of nitrogens with one attached hydrogen (secondary N) is 6. The SMILES string of the molecule is CNCC(=O)NCCCCC(NC)C(=O)NCCCNCCCCNCCCN. The summed E-state index contributed by atoms with van der Waals surface area (Å²) in [5.41, 5.74) is 5.45. The highest BCUT2D eigenvalue weighted by Gasteiger charge is 2.14. The van der Waals surface area contributed by atoms with Crippen molar-refractivity contribution < 1.29 is 9.59 Å². The van der Waals surface area contributed by atoms with E-state index in [0.717, 1.165) is 77.7 Å². The van der Waals surface area contributed by atoms with E-state index in [1.54, 1.807) is 7.05 Å². The summed E-state index contributed by atoms with van der Waals surface area (Å²) in [7, 11) is 3.56. The maximum absolute atomic E-state index is 12.2. The van der Waals surface area contributed by atoms with Gasteiger partial charge < -0.3 is 37.6 Å². The number of amides is 2. The van der Waals surface area contributed by atoms with Crippen molar-refractivity contribution in [3.63, 3.8) is 0 Å². The smallest absolute Gasteiger partial charge is 0.237 e. The Labute approximate surface area is 177 Å². The van der Waals surface area contributed by atoms with Gasteiger partial charge in [-0.1, -0.05) is 0 Å². The summed E-state index contributed by atoms with van der Waals surface area (Å²) in [5, 5.41) is 18.5. The van der Waals surface area contributed by atoms with Crippen molar-refractivity contribution >= 4 is 11.8 Å². The molecule has 0 heterocycles. The molecule has 2 amide bonds. The van der Waals surface area contributed by atoms with Crippen molar-refractivity contribution in [3.8, 4) is 0 Å². The Morgan fingerprint density at radius 2 is 1.34 bits per heavy atom. The predicted molar refractivity (Wildman–Crippen MR) is 120 cm³/mol. The van der Waals surface area contributed by atoms with Crippen LogP contribution in [0, 0.1) is 0 Å². The number of rotatable bonds is 21. The molecule has 0 saturated carbocycles. The second kappa shape index (κ2) is 21.4. The van der Waals surface area contributed by atoms with E-state index < -0.39 is 0 Å². The third kappa shape index (κ3) is 18.5. The van der Waals surface area contributed by atoms with E-state index in [2.05, 4.69) is 31.9 Å². The highest BCUT2D eigenvalue weighted by Crippen LogP contribution is 2.00. The minimum absolute atomic E-state index is 0.00296. The fourth-order valence-corrected chi connectivity index (χ4v) is 2.86. The Balaban J connectivity index is 3.53. The Morgan fingerprint density at radius 1 is 0.759 bits per heavy atom.